The summed E-state index contributed by atoms with van der Waals surface area (Å²) < 4.78 is 24.6. The van der Waals surface area contributed by atoms with Gasteiger partial charge in [0.2, 0.25) is 0 Å². The van der Waals surface area contributed by atoms with Gasteiger partial charge in [-0.3, -0.25) is 9.69 Å². The second-order valence-corrected chi connectivity index (χ2v) is 8.54. The number of tetrazole rings is 1. The third kappa shape index (κ3) is 3.96. The van der Waals surface area contributed by atoms with Gasteiger partial charge in [0, 0.05) is 36.7 Å². The van der Waals surface area contributed by atoms with Crippen LogP contribution in [0.5, 0.6) is 11.5 Å². The summed E-state index contributed by atoms with van der Waals surface area (Å²) in [6, 6.07) is 5.24. The van der Waals surface area contributed by atoms with Crippen LogP contribution < -0.4 is 15.0 Å². The normalized spacial score (nSPS) is 22.0. The molecule has 0 aliphatic carbocycles. The summed E-state index contributed by atoms with van der Waals surface area (Å²) in [7, 11) is 0. The number of aromatic amines is 1. The molecule has 2 saturated heterocycles. The highest BCUT2D eigenvalue weighted by Gasteiger charge is 2.32. The van der Waals surface area contributed by atoms with E-state index in [2.05, 4.69) is 25.4 Å². The molecule has 0 saturated carbocycles. The SMILES string of the molecule is O=c1[nH]c2cc3c(cc2cc1[C@@H](c1nnnn1C[C@@H]1CCCO1)N1CCOCC1)OCCO3. The quantitative estimate of drug-likeness (QED) is 0.600. The fraction of sp³-hybridized carbons (Fsp3) is 0.545. The fourth-order valence-electron chi connectivity index (χ4n) is 4.82. The predicted octanol–water partition coefficient (Wildman–Crippen LogP) is 0.886. The van der Waals surface area contributed by atoms with Crippen LogP contribution in [-0.4, -0.2) is 82.3 Å². The molecule has 0 bridgehead atoms. The Kier molecular flexibility index (Phi) is 5.44. The Morgan fingerprint density at radius 1 is 1.06 bits per heavy atom. The van der Waals surface area contributed by atoms with E-state index in [1.54, 1.807) is 4.68 Å². The number of rotatable bonds is 5. The molecule has 6 rings (SSSR count). The number of benzene rings is 1. The van der Waals surface area contributed by atoms with E-state index < -0.39 is 6.04 Å². The Hall–Kier alpha value is -3.02. The van der Waals surface area contributed by atoms with Crippen LogP contribution in [0.25, 0.3) is 10.9 Å². The number of hydrogen-bond acceptors (Lipinski definition) is 9. The highest BCUT2D eigenvalue weighted by molar-refractivity contribution is 5.83. The molecule has 2 aromatic heterocycles. The summed E-state index contributed by atoms with van der Waals surface area (Å²) in [4.78, 5) is 18.6. The van der Waals surface area contributed by atoms with Crippen molar-refractivity contribution in [3.63, 3.8) is 0 Å². The number of H-pyrrole nitrogens is 1. The van der Waals surface area contributed by atoms with Crippen LogP contribution in [0, 0.1) is 0 Å². The van der Waals surface area contributed by atoms with Crippen molar-refractivity contribution in [2.75, 3.05) is 46.1 Å². The molecular weight excluding hydrogens is 428 g/mol. The van der Waals surface area contributed by atoms with E-state index >= 15 is 0 Å². The zero-order valence-electron chi connectivity index (χ0n) is 18.2. The zero-order valence-corrected chi connectivity index (χ0v) is 18.2. The van der Waals surface area contributed by atoms with Crippen LogP contribution in [0.2, 0.25) is 0 Å². The van der Waals surface area contributed by atoms with Gasteiger partial charge < -0.3 is 23.9 Å². The van der Waals surface area contributed by atoms with E-state index in [0.29, 0.717) is 74.5 Å². The van der Waals surface area contributed by atoms with Gasteiger partial charge >= 0.3 is 0 Å². The Morgan fingerprint density at radius 2 is 1.88 bits per heavy atom. The van der Waals surface area contributed by atoms with Crippen molar-refractivity contribution in [3.8, 4) is 11.5 Å². The van der Waals surface area contributed by atoms with Crippen LogP contribution in [0.15, 0.2) is 23.0 Å². The van der Waals surface area contributed by atoms with E-state index in [1.165, 1.54) is 0 Å². The lowest BCUT2D eigenvalue weighted by Crippen LogP contribution is -2.42. The standard InChI is InChI=1S/C22H26N6O5/c29-22-16(10-14-11-18-19(12-17(14)23-22)33-9-8-32-18)20(27-3-6-30-7-4-27)21-24-25-26-28(21)13-15-2-1-5-31-15/h10-12,15,20H,1-9,13H2,(H,23,29)/t15-,20-/m0/s1. The Labute approximate surface area is 189 Å². The maximum Gasteiger partial charge on any atom is 0.253 e. The molecule has 174 valence electrons. The molecule has 0 unspecified atom stereocenters. The highest BCUT2D eigenvalue weighted by Crippen LogP contribution is 2.35. The van der Waals surface area contributed by atoms with E-state index in [9.17, 15) is 4.79 Å². The van der Waals surface area contributed by atoms with Crippen LogP contribution in [-0.2, 0) is 16.0 Å². The predicted molar refractivity (Wildman–Crippen MR) is 117 cm³/mol. The molecule has 33 heavy (non-hydrogen) atoms. The molecule has 3 aromatic rings. The monoisotopic (exact) mass is 454 g/mol. The van der Waals surface area contributed by atoms with E-state index in [4.69, 9.17) is 18.9 Å². The minimum absolute atomic E-state index is 0.0798. The molecule has 11 heteroatoms. The van der Waals surface area contributed by atoms with Gasteiger partial charge in [-0.2, -0.15) is 0 Å². The number of hydrogen-bond donors (Lipinski definition) is 1. The Bertz CT molecular complexity index is 1200. The molecule has 5 heterocycles. The number of nitrogens with one attached hydrogen (secondary N) is 1. The Morgan fingerprint density at radius 3 is 2.67 bits per heavy atom. The summed E-state index contributed by atoms with van der Waals surface area (Å²) in [5, 5.41) is 13.4. The van der Waals surface area contributed by atoms with Crippen LogP contribution in [0.3, 0.4) is 0 Å². The van der Waals surface area contributed by atoms with Crippen molar-refractivity contribution >= 4 is 10.9 Å². The van der Waals surface area contributed by atoms with Gasteiger partial charge in [0.15, 0.2) is 17.3 Å². The summed E-state index contributed by atoms with van der Waals surface area (Å²) in [5.41, 5.74) is 1.11. The second-order valence-electron chi connectivity index (χ2n) is 8.54. The van der Waals surface area contributed by atoms with E-state index in [0.717, 1.165) is 24.8 Å². The van der Waals surface area contributed by atoms with E-state index in [1.807, 2.05) is 18.2 Å². The van der Waals surface area contributed by atoms with Gasteiger partial charge in [-0.1, -0.05) is 0 Å². The number of aromatic nitrogens is 5. The number of morpholine rings is 1. The topological polar surface area (TPSA) is 117 Å². The summed E-state index contributed by atoms with van der Waals surface area (Å²) in [6.07, 6.45) is 2.09. The molecule has 0 radical (unpaired) electrons. The largest absolute Gasteiger partial charge is 0.486 e. The van der Waals surface area contributed by atoms with Crippen LogP contribution in [0.4, 0.5) is 0 Å². The van der Waals surface area contributed by atoms with Crippen molar-refractivity contribution in [3.05, 3.63) is 39.9 Å². The molecule has 2 fully saturated rings. The molecule has 0 spiro atoms. The average Bonchev–Trinajstić information content (AvgIpc) is 3.52. The number of nitrogens with zero attached hydrogens (tertiary/aromatic N) is 5. The van der Waals surface area contributed by atoms with Gasteiger partial charge in [-0.05, 0) is 35.4 Å². The van der Waals surface area contributed by atoms with Gasteiger partial charge in [-0.15, -0.1) is 5.10 Å². The summed E-state index contributed by atoms with van der Waals surface area (Å²) in [5.74, 6) is 1.95. The molecule has 3 aliphatic rings. The minimum Gasteiger partial charge on any atom is -0.486 e. The highest BCUT2D eigenvalue weighted by atomic mass is 16.6. The molecule has 3 aliphatic heterocycles. The number of ether oxygens (including phenoxy) is 4. The minimum atomic E-state index is -0.411. The van der Waals surface area contributed by atoms with Crippen LogP contribution >= 0.6 is 0 Å². The first-order valence-electron chi connectivity index (χ1n) is 11.4. The van der Waals surface area contributed by atoms with Crippen molar-refractivity contribution in [1.29, 1.82) is 0 Å². The maximum atomic E-state index is 13.3. The van der Waals surface area contributed by atoms with Crippen LogP contribution in [0.1, 0.15) is 30.3 Å². The van der Waals surface area contributed by atoms with E-state index in [-0.39, 0.29) is 11.7 Å². The van der Waals surface area contributed by atoms with Crippen molar-refractivity contribution in [2.24, 2.45) is 0 Å². The lowest BCUT2D eigenvalue weighted by atomic mass is 10.0. The summed E-state index contributed by atoms with van der Waals surface area (Å²) in [6.45, 7) is 4.85. The number of fused-ring (bicyclic) bond motifs is 2. The van der Waals surface area contributed by atoms with Gasteiger partial charge in [0.25, 0.3) is 5.56 Å². The third-order valence-corrected chi connectivity index (χ3v) is 6.45. The van der Waals surface area contributed by atoms with Crippen molar-refractivity contribution in [1.82, 2.24) is 30.1 Å². The van der Waals surface area contributed by atoms with Gasteiger partial charge in [-0.25, -0.2) is 4.68 Å². The lowest BCUT2D eigenvalue weighted by Gasteiger charge is -2.33. The molecule has 0 amide bonds. The number of pyridine rings is 1. The first kappa shape index (κ1) is 20.6. The zero-order chi connectivity index (χ0) is 22.2. The maximum absolute atomic E-state index is 13.3. The van der Waals surface area contributed by atoms with Gasteiger partial charge in [0.1, 0.15) is 19.3 Å². The molecule has 11 nitrogen and oxygen atoms in total. The third-order valence-electron chi connectivity index (χ3n) is 6.45. The Balaban J connectivity index is 1.44. The average molecular weight is 454 g/mol. The second kappa shape index (κ2) is 8.73. The summed E-state index contributed by atoms with van der Waals surface area (Å²) >= 11 is 0. The molecule has 2 atom stereocenters. The smallest absolute Gasteiger partial charge is 0.253 e. The molecular formula is C22H26N6O5. The fourth-order valence-corrected chi connectivity index (χ4v) is 4.82. The van der Waals surface area contributed by atoms with Crippen molar-refractivity contribution in [2.45, 2.75) is 31.5 Å². The first-order chi connectivity index (χ1) is 16.3. The van der Waals surface area contributed by atoms with Gasteiger partial charge in [0.05, 0.1) is 31.4 Å². The molecule has 1 N–H and O–H groups in total. The first-order valence-corrected chi connectivity index (χ1v) is 11.4. The lowest BCUT2D eigenvalue weighted by molar-refractivity contribution is 0.0205. The van der Waals surface area contributed by atoms with Crippen molar-refractivity contribution < 1.29 is 18.9 Å². The molecule has 1 aromatic carbocycles.